The molecule has 6 nitrogen and oxygen atoms in total. The summed E-state index contributed by atoms with van der Waals surface area (Å²) in [6, 6.07) is 4.05. The first-order valence-electron chi connectivity index (χ1n) is 6.94. The minimum atomic E-state index is -0.533. The van der Waals surface area contributed by atoms with Gasteiger partial charge in [-0.15, -0.1) is 12.4 Å². The van der Waals surface area contributed by atoms with Gasteiger partial charge in [-0.2, -0.15) is 0 Å². The minimum absolute atomic E-state index is 0. The largest absolute Gasteiger partial charge is 0.338 e. The van der Waals surface area contributed by atoms with Crippen LogP contribution in [0, 0.1) is 15.5 Å². The van der Waals surface area contributed by atoms with Gasteiger partial charge in [0.2, 0.25) is 0 Å². The van der Waals surface area contributed by atoms with Crippen molar-refractivity contribution in [3.63, 3.8) is 0 Å². The molecule has 22 heavy (non-hydrogen) atoms. The number of benzene rings is 1. The van der Waals surface area contributed by atoms with Crippen molar-refractivity contribution in [3.8, 4) is 0 Å². The van der Waals surface area contributed by atoms with E-state index < -0.39 is 4.92 Å². The Morgan fingerprint density at radius 3 is 2.77 bits per heavy atom. The highest BCUT2D eigenvalue weighted by Gasteiger charge is 2.42. The molecule has 2 heterocycles. The van der Waals surface area contributed by atoms with Crippen LogP contribution in [-0.2, 0) is 0 Å². The second-order valence-electron chi connectivity index (χ2n) is 5.86. The van der Waals surface area contributed by atoms with Crippen LogP contribution in [0.1, 0.15) is 23.2 Å². The van der Waals surface area contributed by atoms with Crippen LogP contribution in [0.15, 0.2) is 18.2 Å². The second-order valence-corrected chi connectivity index (χ2v) is 6.30. The van der Waals surface area contributed by atoms with Gasteiger partial charge in [-0.25, -0.2) is 0 Å². The molecule has 2 aliphatic rings. The van der Waals surface area contributed by atoms with Gasteiger partial charge in [0.05, 0.1) is 4.92 Å². The number of carbonyl (C=O) groups is 1. The molecule has 0 saturated carbocycles. The van der Waals surface area contributed by atoms with Crippen LogP contribution in [0.5, 0.6) is 0 Å². The molecule has 8 heteroatoms. The smallest absolute Gasteiger partial charge is 0.271 e. The molecule has 1 aromatic carbocycles. The topological polar surface area (TPSA) is 75.5 Å². The second kappa shape index (κ2) is 6.40. The number of hydrogen-bond donors (Lipinski definition) is 1. The van der Waals surface area contributed by atoms with Crippen LogP contribution >= 0.6 is 24.0 Å². The molecule has 0 aromatic heterocycles. The molecule has 0 bridgehead atoms. The standard InChI is InChI=1S/C14H16ClN3O3.ClH/c15-11-5-10(6-12(7-11)18(20)21)13(19)17-4-2-14(9-17)1-3-16-8-14;/h5-7,16H,1-4,8-9H2;1H. The van der Waals surface area contributed by atoms with Gasteiger partial charge in [-0.3, -0.25) is 14.9 Å². The number of hydrogen-bond acceptors (Lipinski definition) is 4. The first-order chi connectivity index (χ1) is 9.99. The molecular weight excluding hydrogens is 329 g/mol. The molecule has 1 atom stereocenters. The minimum Gasteiger partial charge on any atom is -0.338 e. The highest BCUT2D eigenvalue weighted by molar-refractivity contribution is 6.31. The molecule has 3 rings (SSSR count). The Kier molecular flexibility index (Phi) is 4.94. The average Bonchev–Trinajstić information content (AvgIpc) is 3.08. The van der Waals surface area contributed by atoms with E-state index in [1.807, 2.05) is 0 Å². The van der Waals surface area contributed by atoms with Crippen molar-refractivity contribution in [2.24, 2.45) is 5.41 Å². The van der Waals surface area contributed by atoms with E-state index in [1.54, 1.807) is 4.90 Å². The Balaban J connectivity index is 0.00000176. The van der Waals surface area contributed by atoms with Gasteiger partial charge in [0.1, 0.15) is 0 Å². The van der Waals surface area contributed by atoms with Crippen molar-refractivity contribution in [3.05, 3.63) is 38.9 Å². The highest BCUT2D eigenvalue weighted by atomic mass is 35.5. The molecule has 2 saturated heterocycles. The van der Waals surface area contributed by atoms with Crippen LogP contribution < -0.4 is 5.32 Å². The normalized spacial score (nSPS) is 23.6. The molecule has 1 aromatic rings. The summed E-state index contributed by atoms with van der Waals surface area (Å²) in [5.74, 6) is -0.177. The number of nitro groups is 1. The zero-order valence-corrected chi connectivity index (χ0v) is 13.5. The number of nitrogens with one attached hydrogen (secondary N) is 1. The molecule has 1 unspecified atom stereocenters. The number of likely N-dealkylation sites (tertiary alicyclic amines) is 1. The van der Waals surface area contributed by atoms with Gasteiger partial charge in [0, 0.05) is 47.8 Å². The first kappa shape index (κ1) is 17.0. The van der Waals surface area contributed by atoms with Crippen LogP contribution in [0.25, 0.3) is 0 Å². The number of non-ortho nitro benzene ring substituents is 1. The number of nitrogens with zero attached hydrogens (tertiary/aromatic N) is 2. The van der Waals surface area contributed by atoms with Gasteiger partial charge in [-0.05, 0) is 25.5 Å². The van der Waals surface area contributed by atoms with Crippen molar-refractivity contribution < 1.29 is 9.72 Å². The number of halogens is 2. The fourth-order valence-corrected chi connectivity index (χ4v) is 3.47. The monoisotopic (exact) mass is 345 g/mol. The van der Waals surface area contributed by atoms with E-state index in [0.29, 0.717) is 13.1 Å². The lowest BCUT2D eigenvalue weighted by Gasteiger charge is -2.22. The summed E-state index contributed by atoms with van der Waals surface area (Å²) in [6.07, 6.45) is 2.06. The molecular formula is C14H17Cl2N3O3. The van der Waals surface area contributed by atoms with Crippen molar-refractivity contribution >= 4 is 35.6 Å². The van der Waals surface area contributed by atoms with E-state index in [-0.39, 0.29) is 40.0 Å². The summed E-state index contributed by atoms with van der Waals surface area (Å²) in [6.45, 7) is 3.33. The Hall–Kier alpha value is -1.37. The summed E-state index contributed by atoms with van der Waals surface area (Å²) in [5, 5.41) is 14.4. The quantitative estimate of drug-likeness (QED) is 0.659. The van der Waals surface area contributed by atoms with E-state index in [4.69, 9.17) is 11.6 Å². The molecule has 2 aliphatic heterocycles. The van der Waals surface area contributed by atoms with E-state index in [0.717, 1.165) is 25.9 Å². The van der Waals surface area contributed by atoms with E-state index >= 15 is 0 Å². The summed E-state index contributed by atoms with van der Waals surface area (Å²) >= 11 is 5.88. The van der Waals surface area contributed by atoms with Crippen molar-refractivity contribution in [1.82, 2.24) is 10.2 Å². The average molecular weight is 346 g/mol. The molecule has 120 valence electrons. The maximum atomic E-state index is 12.5. The summed E-state index contributed by atoms with van der Waals surface area (Å²) in [4.78, 5) is 24.7. The molecule has 1 spiro atoms. The zero-order valence-electron chi connectivity index (χ0n) is 11.9. The van der Waals surface area contributed by atoms with E-state index in [2.05, 4.69) is 5.32 Å². The predicted octanol–water partition coefficient (Wildman–Crippen LogP) is 2.50. The van der Waals surface area contributed by atoms with Crippen LogP contribution in [0.4, 0.5) is 5.69 Å². The van der Waals surface area contributed by atoms with Crippen molar-refractivity contribution in [1.29, 1.82) is 0 Å². The SMILES string of the molecule is Cl.O=C(c1cc(Cl)cc([N+](=O)[O-])c1)N1CCC2(CCNC2)C1. The Morgan fingerprint density at radius 2 is 2.14 bits per heavy atom. The molecule has 2 fully saturated rings. The van der Waals surface area contributed by atoms with E-state index in [1.165, 1.54) is 18.2 Å². The Morgan fingerprint density at radius 1 is 1.36 bits per heavy atom. The maximum Gasteiger partial charge on any atom is 0.271 e. The molecule has 1 N–H and O–H groups in total. The Labute approximate surface area is 139 Å². The zero-order chi connectivity index (χ0) is 15.0. The van der Waals surface area contributed by atoms with Gasteiger partial charge in [-0.1, -0.05) is 11.6 Å². The van der Waals surface area contributed by atoms with Gasteiger partial charge >= 0.3 is 0 Å². The third kappa shape index (κ3) is 3.19. The van der Waals surface area contributed by atoms with Crippen LogP contribution in [-0.4, -0.2) is 41.9 Å². The van der Waals surface area contributed by atoms with Crippen molar-refractivity contribution in [2.45, 2.75) is 12.8 Å². The van der Waals surface area contributed by atoms with Gasteiger partial charge < -0.3 is 10.2 Å². The fraction of sp³-hybridized carbons (Fsp3) is 0.500. The molecule has 0 aliphatic carbocycles. The fourth-order valence-electron chi connectivity index (χ4n) is 3.24. The Bertz CT molecular complexity index is 603. The van der Waals surface area contributed by atoms with Gasteiger partial charge in [0.15, 0.2) is 0 Å². The number of rotatable bonds is 2. The molecule has 1 amide bonds. The summed E-state index contributed by atoms with van der Waals surface area (Å²) < 4.78 is 0. The van der Waals surface area contributed by atoms with Crippen LogP contribution in [0.2, 0.25) is 5.02 Å². The third-order valence-electron chi connectivity index (χ3n) is 4.40. The highest BCUT2D eigenvalue weighted by Crippen LogP contribution is 2.36. The number of amides is 1. The maximum absolute atomic E-state index is 12.5. The lowest BCUT2D eigenvalue weighted by atomic mass is 9.86. The van der Waals surface area contributed by atoms with Crippen LogP contribution in [0.3, 0.4) is 0 Å². The molecule has 0 radical (unpaired) electrons. The first-order valence-corrected chi connectivity index (χ1v) is 7.32. The predicted molar refractivity (Wildman–Crippen MR) is 85.8 cm³/mol. The summed E-state index contributed by atoms with van der Waals surface area (Å²) in [5.41, 5.74) is 0.319. The van der Waals surface area contributed by atoms with E-state index in [9.17, 15) is 14.9 Å². The third-order valence-corrected chi connectivity index (χ3v) is 4.62. The number of carbonyl (C=O) groups excluding carboxylic acids is 1. The van der Waals surface area contributed by atoms with Crippen molar-refractivity contribution in [2.75, 3.05) is 26.2 Å². The lowest BCUT2D eigenvalue weighted by Crippen LogP contribution is -2.33. The lowest BCUT2D eigenvalue weighted by molar-refractivity contribution is -0.384. The van der Waals surface area contributed by atoms with Gasteiger partial charge in [0.25, 0.3) is 11.6 Å². The number of nitro benzene ring substituents is 1. The summed E-state index contributed by atoms with van der Waals surface area (Å²) in [7, 11) is 0.